The van der Waals surface area contributed by atoms with Crippen LogP contribution >= 0.6 is 12.2 Å². The van der Waals surface area contributed by atoms with Crippen molar-refractivity contribution < 1.29 is 19.5 Å². The lowest BCUT2D eigenvalue weighted by atomic mass is 10.3. The molecule has 0 spiro atoms. The summed E-state index contributed by atoms with van der Waals surface area (Å²) in [6.07, 6.45) is -0.329. The van der Waals surface area contributed by atoms with Crippen molar-refractivity contribution in [2.24, 2.45) is 0 Å². The number of carbonyl (C=O) groups excluding carboxylic acids is 2. The molecule has 0 radical (unpaired) electrons. The third kappa shape index (κ3) is 1.87. The van der Waals surface area contributed by atoms with Crippen LogP contribution in [0.4, 0.5) is 0 Å². The average molecular weight is 216 g/mol. The summed E-state index contributed by atoms with van der Waals surface area (Å²) in [6.45, 7) is -0.505. The predicted octanol–water partition coefficient (Wildman–Crippen LogP) is -0.953. The maximum Gasteiger partial charge on any atom is 0.323 e. The monoisotopic (exact) mass is 216 g/mol. The number of amides is 2. The minimum atomic E-state index is -1.16. The zero-order valence-corrected chi connectivity index (χ0v) is 8.21. The van der Waals surface area contributed by atoms with Gasteiger partial charge in [-0.1, -0.05) is 0 Å². The van der Waals surface area contributed by atoms with Gasteiger partial charge in [0.05, 0.1) is 0 Å². The molecule has 1 rings (SSSR count). The van der Waals surface area contributed by atoms with E-state index < -0.39 is 24.3 Å². The number of aliphatic carboxylic acids is 1. The molecule has 1 aliphatic heterocycles. The number of nitrogens with zero attached hydrogens (tertiary/aromatic N) is 2. The van der Waals surface area contributed by atoms with Crippen LogP contribution in [0.25, 0.3) is 0 Å². The van der Waals surface area contributed by atoms with Gasteiger partial charge in [0.1, 0.15) is 13.0 Å². The second-order valence-corrected chi connectivity index (χ2v) is 3.15. The number of rotatable bonds is 2. The summed E-state index contributed by atoms with van der Waals surface area (Å²) in [4.78, 5) is 34.7. The van der Waals surface area contributed by atoms with E-state index in [4.69, 9.17) is 17.3 Å². The minimum absolute atomic E-state index is 0.0614. The van der Waals surface area contributed by atoms with E-state index in [1.165, 1.54) is 7.05 Å². The van der Waals surface area contributed by atoms with Gasteiger partial charge in [-0.3, -0.25) is 24.2 Å². The van der Waals surface area contributed by atoms with Crippen molar-refractivity contribution in [3.05, 3.63) is 0 Å². The highest BCUT2D eigenvalue weighted by molar-refractivity contribution is 7.80. The number of carboxylic acid groups (broad SMARTS) is 1. The van der Waals surface area contributed by atoms with Crippen molar-refractivity contribution in [2.75, 3.05) is 13.6 Å². The molecular weight excluding hydrogens is 208 g/mol. The van der Waals surface area contributed by atoms with Gasteiger partial charge in [-0.2, -0.15) is 0 Å². The Kier molecular flexibility index (Phi) is 2.80. The van der Waals surface area contributed by atoms with Crippen LogP contribution in [-0.4, -0.2) is 51.4 Å². The van der Waals surface area contributed by atoms with E-state index in [9.17, 15) is 14.4 Å². The molecule has 0 aromatic heterocycles. The fourth-order valence-corrected chi connectivity index (χ4v) is 1.30. The molecule has 0 aromatic carbocycles. The molecule has 14 heavy (non-hydrogen) atoms. The zero-order chi connectivity index (χ0) is 10.9. The van der Waals surface area contributed by atoms with Crippen molar-refractivity contribution in [1.82, 2.24) is 9.80 Å². The zero-order valence-electron chi connectivity index (χ0n) is 7.39. The van der Waals surface area contributed by atoms with Crippen LogP contribution in [0.3, 0.4) is 0 Å². The molecule has 0 unspecified atom stereocenters. The van der Waals surface area contributed by atoms with Gasteiger partial charge in [0.25, 0.3) is 0 Å². The van der Waals surface area contributed by atoms with E-state index in [1.54, 1.807) is 0 Å². The highest BCUT2D eigenvalue weighted by atomic mass is 32.1. The second-order valence-electron chi connectivity index (χ2n) is 2.79. The molecule has 0 aromatic rings. The van der Waals surface area contributed by atoms with E-state index in [1.807, 2.05) is 0 Å². The number of thiocarbonyl (C=S) groups is 1. The number of carbonyl (C=O) groups is 3. The molecule has 6 nitrogen and oxygen atoms in total. The second kappa shape index (κ2) is 3.70. The first-order valence-electron chi connectivity index (χ1n) is 3.76. The van der Waals surface area contributed by atoms with Gasteiger partial charge in [-0.25, -0.2) is 0 Å². The Labute approximate surface area is 85.1 Å². The summed E-state index contributed by atoms with van der Waals surface area (Å²) >= 11 is 4.77. The Balaban J connectivity index is 2.84. The van der Waals surface area contributed by atoms with Crippen LogP contribution in [-0.2, 0) is 14.4 Å². The smallest absolute Gasteiger partial charge is 0.323 e. The predicted molar refractivity (Wildman–Crippen MR) is 49.3 cm³/mol. The average Bonchev–Trinajstić information content (AvgIpc) is 2.09. The Hall–Kier alpha value is -1.50. The van der Waals surface area contributed by atoms with Crippen LogP contribution in [0.2, 0.25) is 0 Å². The van der Waals surface area contributed by atoms with Crippen molar-refractivity contribution >= 4 is 35.1 Å². The Morgan fingerprint density at radius 3 is 2.57 bits per heavy atom. The van der Waals surface area contributed by atoms with Crippen molar-refractivity contribution in [3.63, 3.8) is 0 Å². The fourth-order valence-electron chi connectivity index (χ4n) is 1.03. The van der Waals surface area contributed by atoms with Gasteiger partial charge in [0.2, 0.25) is 11.8 Å². The normalized spacial score (nSPS) is 17.6. The quantitative estimate of drug-likeness (QED) is 0.475. The van der Waals surface area contributed by atoms with E-state index in [-0.39, 0.29) is 11.5 Å². The molecule has 1 fully saturated rings. The Morgan fingerprint density at radius 2 is 2.07 bits per heavy atom. The van der Waals surface area contributed by atoms with Gasteiger partial charge in [-0.15, -0.1) is 0 Å². The highest BCUT2D eigenvalue weighted by Gasteiger charge is 2.33. The molecule has 7 heteroatoms. The minimum Gasteiger partial charge on any atom is -0.480 e. The molecule has 1 N–H and O–H groups in total. The molecule has 0 bridgehead atoms. The van der Waals surface area contributed by atoms with Crippen molar-refractivity contribution in [3.8, 4) is 0 Å². The number of carboxylic acids is 1. The first-order chi connectivity index (χ1) is 6.43. The summed E-state index contributed by atoms with van der Waals surface area (Å²) in [6, 6.07) is 0. The maximum absolute atomic E-state index is 11.2. The lowest BCUT2D eigenvalue weighted by molar-refractivity contribution is -0.146. The Morgan fingerprint density at radius 1 is 1.50 bits per heavy atom. The third-order valence-electron chi connectivity index (χ3n) is 1.79. The van der Waals surface area contributed by atoms with Gasteiger partial charge in [0, 0.05) is 7.05 Å². The molecule has 2 amide bonds. The highest BCUT2D eigenvalue weighted by Crippen LogP contribution is 2.09. The lowest BCUT2D eigenvalue weighted by Gasteiger charge is -2.31. The molecule has 0 atom stereocenters. The summed E-state index contributed by atoms with van der Waals surface area (Å²) in [5.74, 6) is -2.15. The van der Waals surface area contributed by atoms with E-state index in [2.05, 4.69) is 0 Å². The maximum atomic E-state index is 11.2. The molecule has 76 valence electrons. The fraction of sp³-hybridized carbons (Fsp3) is 0.429. The summed E-state index contributed by atoms with van der Waals surface area (Å²) in [5.41, 5.74) is 0. The summed E-state index contributed by atoms with van der Waals surface area (Å²) in [7, 11) is 1.41. The van der Waals surface area contributed by atoms with Crippen LogP contribution in [0.1, 0.15) is 6.42 Å². The van der Waals surface area contributed by atoms with Crippen LogP contribution in [0.15, 0.2) is 0 Å². The Bertz CT molecular complexity index is 328. The van der Waals surface area contributed by atoms with E-state index >= 15 is 0 Å². The van der Waals surface area contributed by atoms with Crippen LogP contribution in [0.5, 0.6) is 0 Å². The molecule has 1 saturated heterocycles. The molecule has 1 heterocycles. The number of hydrogen-bond acceptors (Lipinski definition) is 4. The topological polar surface area (TPSA) is 77.9 Å². The standard InChI is InChI=1S/C7H8N2O4S/c1-8-4(10)2-5(11)9(7(8)14)3-6(12)13/h2-3H2,1H3,(H,12,13). The number of hydrogen-bond donors (Lipinski definition) is 1. The van der Waals surface area contributed by atoms with Crippen molar-refractivity contribution in [2.45, 2.75) is 6.42 Å². The summed E-state index contributed by atoms with van der Waals surface area (Å²) in [5, 5.41) is 8.44. The van der Waals surface area contributed by atoms with Gasteiger partial charge < -0.3 is 5.11 Å². The van der Waals surface area contributed by atoms with Gasteiger partial charge in [0.15, 0.2) is 5.11 Å². The molecule has 0 aliphatic carbocycles. The first-order valence-corrected chi connectivity index (χ1v) is 4.17. The van der Waals surface area contributed by atoms with Crippen LogP contribution < -0.4 is 0 Å². The van der Waals surface area contributed by atoms with E-state index in [0.717, 1.165) is 9.80 Å². The van der Waals surface area contributed by atoms with Gasteiger partial charge >= 0.3 is 5.97 Å². The lowest BCUT2D eigenvalue weighted by Crippen LogP contribution is -2.54. The summed E-state index contributed by atoms with van der Waals surface area (Å²) < 4.78 is 0. The third-order valence-corrected chi connectivity index (χ3v) is 2.28. The first kappa shape index (κ1) is 10.6. The van der Waals surface area contributed by atoms with E-state index in [0.29, 0.717) is 0 Å². The largest absolute Gasteiger partial charge is 0.480 e. The molecule has 1 aliphatic rings. The molecule has 0 saturated carbocycles. The molecular formula is C7H8N2O4S. The van der Waals surface area contributed by atoms with Crippen molar-refractivity contribution in [1.29, 1.82) is 0 Å². The SMILES string of the molecule is CN1C(=O)CC(=O)N(CC(=O)O)C1=S. The van der Waals surface area contributed by atoms with Crippen LogP contribution in [0, 0.1) is 0 Å². The van der Waals surface area contributed by atoms with Gasteiger partial charge in [-0.05, 0) is 12.2 Å².